The van der Waals surface area contributed by atoms with Crippen LogP contribution in [0.4, 0.5) is 11.5 Å². The molecule has 7 heteroatoms. The van der Waals surface area contributed by atoms with Crippen molar-refractivity contribution in [2.45, 2.75) is 38.5 Å². The van der Waals surface area contributed by atoms with Crippen molar-refractivity contribution in [2.24, 2.45) is 5.41 Å². The van der Waals surface area contributed by atoms with Gasteiger partial charge in [-0.25, -0.2) is 0 Å². The number of carbonyl (C=O) groups is 1. The van der Waals surface area contributed by atoms with Crippen LogP contribution in [-0.4, -0.2) is 27.5 Å². The Kier molecular flexibility index (Phi) is 4.72. The average molecular weight is 293 g/mol. The van der Waals surface area contributed by atoms with E-state index in [1.165, 1.54) is 12.3 Å². The molecule has 2 N–H and O–H groups in total. The molecule has 0 bridgehead atoms. The SMILES string of the molecule is O=C(O)CC1(CNc2ccc([N+](=O)[O-])nc2)CCCCC1. The zero-order valence-corrected chi connectivity index (χ0v) is 11.7. The number of nitro groups is 1. The first kappa shape index (κ1) is 15.2. The van der Waals surface area contributed by atoms with E-state index in [0.717, 1.165) is 32.1 Å². The van der Waals surface area contributed by atoms with Crippen LogP contribution in [0.3, 0.4) is 0 Å². The fraction of sp³-hybridized carbons (Fsp3) is 0.571. The maximum atomic E-state index is 11.1. The van der Waals surface area contributed by atoms with Crippen LogP contribution in [0, 0.1) is 15.5 Å². The molecule has 1 aliphatic rings. The summed E-state index contributed by atoms with van der Waals surface area (Å²) >= 11 is 0. The van der Waals surface area contributed by atoms with Crippen molar-refractivity contribution in [1.82, 2.24) is 4.98 Å². The van der Waals surface area contributed by atoms with Crippen LogP contribution < -0.4 is 5.32 Å². The molecule has 0 atom stereocenters. The van der Waals surface area contributed by atoms with Gasteiger partial charge in [0.25, 0.3) is 0 Å². The molecule has 114 valence electrons. The zero-order chi connectivity index (χ0) is 15.3. The van der Waals surface area contributed by atoms with Gasteiger partial charge in [-0.1, -0.05) is 19.3 Å². The Morgan fingerprint density at radius 2 is 2.10 bits per heavy atom. The summed E-state index contributed by atoms with van der Waals surface area (Å²) in [6.07, 6.45) is 6.61. The Balaban J connectivity index is 2.00. The molecule has 0 aliphatic heterocycles. The van der Waals surface area contributed by atoms with Crippen LogP contribution in [0.2, 0.25) is 0 Å². The van der Waals surface area contributed by atoms with Crippen LogP contribution in [0.1, 0.15) is 38.5 Å². The lowest BCUT2D eigenvalue weighted by molar-refractivity contribution is -0.389. The molecule has 7 nitrogen and oxygen atoms in total. The highest BCUT2D eigenvalue weighted by Crippen LogP contribution is 2.39. The summed E-state index contributed by atoms with van der Waals surface area (Å²) in [4.78, 5) is 24.8. The van der Waals surface area contributed by atoms with Gasteiger partial charge in [0.15, 0.2) is 6.20 Å². The summed E-state index contributed by atoms with van der Waals surface area (Å²) in [6, 6.07) is 2.94. The second-order valence-corrected chi connectivity index (χ2v) is 5.65. The first-order valence-electron chi connectivity index (χ1n) is 7.07. The van der Waals surface area contributed by atoms with Crippen molar-refractivity contribution >= 4 is 17.5 Å². The Morgan fingerprint density at radius 1 is 1.38 bits per heavy atom. The minimum atomic E-state index is -0.777. The van der Waals surface area contributed by atoms with E-state index in [4.69, 9.17) is 5.11 Å². The molecule has 0 radical (unpaired) electrons. The maximum Gasteiger partial charge on any atom is 0.363 e. The van der Waals surface area contributed by atoms with Crippen molar-refractivity contribution < 1.29 is 14.8 Å². The molecule has 0 aromatic carbocycles. The molecule has 1 aliphatic carbocycles. The normalized spacial score (nSPS) is 17.1. The molecule has 0 amide bonds. The van der Waals surface area contributed by atoms with Gasteiger partial charge in [0, 0.05) is 12.6 Å². The van der Waals surface area contributed by atoms with E-state index in [0.29, 0.717) is 12.2 Å². The molecule has 1 fully saturated rings. The Hall–Kier alpha value is -2.18. The van der Waals surface area contributed by atoms with Crippen LogP contribution in [0.25, 0.3) is 0 Å². The van der Waals surface area contributed by atoms with E-state index in [2.05, 4.69) is 10.3 Å². The van der Waals surface area contributed by atoms with Crippen molar-refractivity contribution in [3.8, 4) is 0 Å². The number of pyridine rings is 1. The number of carboxylic acids is 1. The van der Waals surface area contributed by atoms with E-state index in [1.807, 2.05) is 0 Å². The van der Waals surface area contributed by atoms with Gasteiger partial charge in [0.2, 0.25) is 0 Å². The van der Waals surface area contributed by atoms with E-state index in [1.54, 1.807) is 6.07 Å². The molecular formula is C14H19N3O4. The van der Waals surface area contributed by atoms with Gasteiger partial charge >= 0.3 is 11.8 Å². The lowest BCUT2D eigenvalue weighted by Gasteiger charge is -2.36. The third kappa shape index (κ3) is 4.14. The van der Waals surface area contributed by atoms with Gasteiger partial charge in [-0.2, -0.15) is 0 Å². The summed E-state index contributed by atoms with van der Waals surface area (Å²) in [7, 11) is 0. The van der Waals surface area contributed by atoms with E-state index in [-0.39, 0.29) is 17.7 Å². The Labute approximate surface area is 122 Å². The second-order valence-electron chi connectivity index (χ2n) is 5.65. The van der Waals surface area contributed by atoms with Gasteiger partial charge in [-0.05, 0) is 34.2 Å². The van der Waals surface area contributed by atoms with Crippen LogP contribution in [0.15, 0.2) is 18.3 Å². The zero-order valence-electron chi connectivity index (χ0n) is 11.7. The van der Waals surface area contributed by atoms with Gasteiger partial charge in [0.1, 0.15) is 0 Å². The minimum absolute atomic E-state index is 0.153. The lowest BCUT2D eigenvalue weighted by atomic mass is 9.71. The third-order valence-electron chi connectivity index (χ3n) is 4.04. The number of aliphatic carboxylic acids is 1. The number of nitrogens with zero attached hydrogens (tertiary/aromatic N) is 2. The van der Waals surface area contributed by atoms with Gasteiger partial charge < -0.3 is 20.5 Å². The van der Waals surface area contributed by atoms with Gasteiger partial charge in [-0.3, -0.25) is 4.79 Å². The molecule has 2 rings (SSSR count). The summed E-state index contributed by atoms with van der Waals surface area (Å²) in [5, 5.41) is 22.8. The third-order valence-corrected chi connectivity index (χ3v) is 4.04. The predicted molar refractivity (Wildman–Crippen MR) is 77.2 cm³/mol. The number of hydrogen-bond acceptors (Lipinski definition) is 5. The van der Waals surface area contributed by atoms with Crippen molar-refractivity contribution in [3.05, 3.63) is 28.4 Å². The quantitative estimate of drug-likeness (QED) is 0.617. The lowest BCUT2D eigenvalue weighted by Crippen LogP contribution is -2.34. The van der Waals surface area contributed by atoms with Gasteiger partial charge in [0.05, 0.1) is 12.1 Å². The van der Waals surface area contributed by atoms with Gasteiger partial charge in [-0.15, -0.1) is 0 Å². The minimum Gasteiger partial charge on any atom is -0.481 e. The summed E-state index contributed by atoms with van der Waals surface area (Å²) in [6.45, 7) is 0.554. The molecule has 1 aromatic heterocycles. The highest BCUT2D eigenvalue weighted by Gasteiger charge is 2.34. The Morgan fingerprint density at radius 3 is 2.62 bits per heavy atom. The van der Waals surface area contributed by atoms with Crippen molar-refractivity contribution in [2.75, 3.05) is 11.9 Å². The largest absolute Gasteiger partial charge is 0.481 e. The van der Waals surface area contributed by atoms with E-state index < -0.39 is 10.9 Å². The van der Waals surface area contributed by atoms with Crippen molar-refractivity contribution in [1.29, 1.82) is 0 Å². The fourth-order valence-corrected chi connectivity index (χ4v) is 2.93. The molecule has 0 spiro atoms. The second kappa shape index (κ2) is 6.51. The van der Waals surface area contributed by atoms with Crippen LogP contribution in [0.5, 0.6) is 0 Å². The first-order chi connectivity index (χ1) is 10.0. The molecule has 21 heavy (non-hydrogen) atoms. The fourth-order valence-electron chi connectivity index (χ4n) is 2.93. The topological polar surface area (TPSA) is 105 Å². The number of rotatable bonds is 6. The van der Waals surface area contributed by atoms with E-state index >= 15 is 0 Å². The van der Waals surface area contributed by atoms with Crippen LogP contribution >= 0.6 is 0 Å². The van der Waals surface area contributed by atoms with Crippen molar-refractivity contribution in [3.63, 3.8) is 0 Å². The molecule has 0 unspecified atom stereocenters. The monoisotopic (exact) mass is 293 g/mol. The maximum absolute atomic E-state index is 11.1. The summed E-state index contributed by atoms with van der Waals surface area (Å²) in [5.74, 6) is -0.973. The predicted octanol–water partition coefficient (Wildman–Crippen LogP) is 2.83. The number of hydrogen-bond donors (Lipinski definition) is 2. The number of carboxylic acid groups (broad SMARTS) is 1. The summed E-state index contributed by atoms with van der Waals surface area (Å²) < 4.78 is 0. The first-order valence-corrected chi connectivity index (χ1v) is 7.07. The van der Waals surface area contributed by atoms with E-state index in [9.17, 15) is 14.9 Å². The molecular weight excluding hydrogens is 274 g/mol. The number of anilines is 1. The Bertz CT molecular complexity index is 509. The molecule has 1 saturated carbocycles. The van der Waals surface area contributed by atoms with Crippen LogP contribution in [-0.2, 0) is 4.79 Å². The smallest absolute Gasteiger partial charge is 0.363 e. The number of aromatic nitrogens is 1. The molecule has 1 heterocycles. The highest BCUT2D eigenvalue weighted by molar-refractivity contribution is 5.68. The molecule has 1 aromatic rings. The molecule has 0 saturated heterocycles. The highest BCUT2D eigenvalue weighted by atomic mass is 16.6. The summed E-state index contributed by atoms with van der Waals surface area (Å²) in [5.41, 5.74) is 0.446. The number of nitrogens with one attached hydrogen (secondary N) is 1. The average Bonchev–Trinajstić information content (AvgIpc) is 2.46. The standard InChI is InChI=1S/C14H19N3O4/c18-13(19)8-14(6-2-1-3-7-14)10-16-11-4-5-12(15-9-11)17(20)21/h4-5,9,16H,1-3,6-8,10H2,(H,18,19).